The molecule has 7 heteroatoms. The molecule has 0 unspecified atom stereocenters. The van der Waals surface area contributed by atoms with Crippen molar-refractivity contribution in [1.82, 2.24) is 10.2 Å². The number of hydrogen-bond donors (Lipinski definition) is 1. The van der Waals surface area contributed by atoms with Gasteiger partial charge in [0.1, 0.15) is 0 Å². The Labute approximate surface area is 166 Å². The third-order valence-electron chi connectivity index (χ3n) is 4.39. The number of carbonyl (C=O) groups is 1. The van der Waals surface area contributed by atoms with Crippen LogP contribution in [0, 0.1) is 0 Å². The zero-order chi connectivity index (χ0) is 20.0. The van der Waals surface area contributed by atoms with Gasteiger partial charge < -0.3 is 5.32 Å². The Bertz CT molecular complexity index is 892. The largest absolute Gasteiger partial charge is 0.348 e. The van der Waals surface area contributed by atoms with Gasteiger partial charge in [-0.3, -0.25) is 9.69 Å². The Kier molecular flexibility index (Phi) is 7.41. The maximum Gasteiger partial charge on any atom is 0.253 e. The van der Waals surface area contributed by atoms with E-state index in [4.69, 9.17) is 11.6 Å². The Hall–Kier alpha value is -1.89. The average molecular weight is 409 g/mol. The molecule has 0 atom stereocenters. The van der Waals surface area contributed by atoms with E-state index < -0.39 is 15.7 Å². The summed E-state index contributed by atoms with van der Waals surface area (Å²) in [6.07, 6.45) is 1.09. The predicted molar refractivity (Wildman–Crippen MR) is 109 cm³/mol. The number of amides is 1. The normalized spacial score (nSPS) is 11.6. The molecule has 1 amide bonds. The lowest BCUT2D eigenvalue weighted by Crippen LogP contribution is -2.24. The first-order valence-electron chi connectivity index (χ1n) is 8.82. The predicted octanol–water partition coefficient (Wildman–Crippen LogP) is 3.52. The van der Waals surface area contributed by atoms with Crippen LogP contribution in [0.1, 0.15) is 35.3 Å². The highest BCUT2D eigenvalue weighted by molar-refractivity contribution is 7.90. The summed E-state index contributed by atoms with van der Waals surface area (Å²) in [6.45, 7) is 7.51. The standard InChI is InChI=1S/C20H25ClN2O3S/c1-4-23(5-2)14-16-8-6-15(7-9-16)13-22-20(24)18-12-17(27(3,25)26)10-11-19(18)21/h6-12H,4-5,13-14H2,1-3H3,(H,22,24). The molecule has 0 aliphatic heterocycles. The third-order valence-corrected chi connectivity index (χ3v) is 5.83. The van der Waals surface area contributed by atoms with E-state index in [9.17, 15) is 13.2 Å². The van der Waals surface area contributed by atoms with Gasteiger partial charge in [0.05, 0.1) is 15.5 Å². The molecule has 2 aromatic rings. The van der Waals surface area contributed by atoms with Crippen LogP contribution in [-0.2, 0) is 22.9 Å². The highest BCUT2D eigenvalue weighted by atomic mass is 35.5. The fraction of sp³-hybridized carbons (Fsp3) is 0.350. The molecule has 0 spiro atoms. The van der Waals surface area contributed by atoms with E-state index in [-0.39, 0.29) is 15.5 Å². The van der Waals surface area contributed by atoms with E-state index in [0.717, 1.165) is 31.5 Å². The van der Waals surface area contributed by atoms with Crippen LogP contribution in [0.15, 0.2) is 47.4 Å². The summed E-state index contributed by atoms with van der Waals surface area (Å²) in [6, 6.07) is 12.2. The van der Waals surface area contributed by atoms with Crippen molar-refractivity contribution in [3.8, 4) is 0 Å². The monoisotopic (exact) mass is 408 g/mol. The van der Waals surface area contributed by atoms with Gasteiger partial charge in [-0.2, -0.15) is 0 Å². The Morgan fingerprint density at radius 2 is 1.63 bits per heavy atom. The first-order valence-corrected chi connectivity index (χ1v) is 11.1. The number of carbonyl (C=O) groups excluding carboxylic acids is 1. The highest BCUT2D eigenvalue weighted by Gasteiger charge is 2.15. The molecule has 27 heavy (non-hydrogen) atoms. The van der Waals surface area contributed by atoms with Crippen molar-refractivity contribution in [2.75, 3.05) is 19.3 Å². The molecule has 0 radical (unpaired) electrons. The average Bonchev–Trinajstić information content (AvgIpc) is 2.64. The van der Waals surface area contributed by atoms with Crippen LogP contribution in [0.5, 0.6) is 0 Å². The molecule has 0 saturated heterocycles. The van der Waals surface area contributed by atoms with Gasteiger partial charge in [-0.05, 0) is 42.4 Å². The lowest BCUT2D eigenvalue weighted by atomic mass is 10.1. The fourth-order valence-corrected chi connectivity index (χ4v) is 3.51. The van der Waals surface area contributed by atoms with Crippen molar-refractivity contribution in [2.45, 2.75) is 31.8 Å². The smallest absolute Gasteiger partial charge is 0.253 e. The quantitative estimate of drug-likeness (QED) is 0.725. The molecule has 0 aromatic heterocycles. The van der Waals surface area contributed by atoms with Gasteiger partial charge in [0.15, 0.2) is 9.84 Å². The molecule has 0 aliphatic rings. The molecule has 0 aliphatic carbocycles. The third kappa shape index (κ3) is 6.06. The van der Waals surface area contributed by atoms with E-state index in [1.807, 2.05) is 12.1 Å². The van der Waals surface area contributed by atoms with Crippen LogP contribution < -0.4 is 5.32 Å². The number of nitrogens with one attached hydrogen (secondary N) is 1. The molecule has 0 fully saturated rings. The Morgan fingerprint density at radius 1 is 1.04 bits per heavy atom. The van der Waals surface area contributed by atoms with E-state index in [2.05, 4.69) is 36.2 Å². The second-order valence-corrected chi connectivity index (χ2v) is 8.80. The lowest BCUT2D eigenvalue weighted by molar-refractivity contribution is 0.0951. The van der Waals surface area contributed by atoms with Gasteiger partial charge in [-0.25, -0.2) is 8.42 Å². The number of halogens is 1. The van der Waals surface area contributed by atoms with Crippen LogP contribution in [0.4, 0.5) is 0 Å². The van der Waals surface area contributed by atoms with Crippen LogP contribution in [0.3, 0.4) is 0 Å². The van der Waals surface area contributed by atoms with Crippen molar-refractivity contribution in [3.63, 3.8) is 0 Å². The second kappa shape index (κ2) is 9.35. The molecular formula is C20H25ClN2O3S. The number of hydrogen-bond acceptors (Lipinski definition) is 4. The summed E-state index contributed by atoms with van der Waals surface area (Å²) in [4.78, 5) is 14.8. The van der Waals surface area contributed by atoms with E-state index in [1.165, 1.54) is 23.8 Å². The maximum atomic E-state index is 12.4. The highest BCUT2D eigenvalue weighted by Crippen LogP contribution is 2.20. The number of sulfone groups is 1. The number of nitrogens with zero attached hydrogens (tertiary/aromatic N) is 1. The van der Waals surface area contributed by atoms with Crippen LogP contribution in [0.25, 0.3) is 0 Å². The fourth-order valence-electron chi connectivity index (χ4n) is 2.65. The molecule has 146 valence electrons. The Balaban J connectivity index is 2.03. The second-order valence-electron chi connectivity index (χ2n) is 6.37. The minimum atomic E-state index is -3.40. The summed E-state index contributed by atoms with van der Waals surface area (Å²) < 4.78 is 23.3. The summed E-state index contributed by atoms with van der Waals surface area (Å²) in [5.74, 6) is -0.405. The molecular weight excluding hydrogens is 384 g/mol. The van der Waals surface area contributed by atoms with Crippen molar-refractivity contribution < 1.29 is 13.2 Å². The van der Waals surface area contributed by atoms with Gasteiger partial charge in [0.25, 0.3) is 5.91 Å². The minimum Gasteiger partial charge on any atom is -0.348 e. The van der Waals surface area contributed by atoms with E-state index in [1.54, 1.807) is 0 Å². The summed E-state index contributed by atoms with van der Waals surface area (Å²) >= 11 is 6.06. The van der Waals surface area contributed by atoms with Gasteiger partial charge in [0, 0.05) is 19.3 Å². The molecule has 5 nitrogen and oxygen atoms in total. The lowest BCUT2D eigenvalue weighted by Gasteiger charge is -2.18. The Morgan fingerprint density at radius 3 is 2.19 bits per heavy atom. The van der Waals surface area contributed by atoms with Crippen molar-refractivity contribution >= 4 is 27.3 Å². The SMILES string of the molecule is CCN(CC)Cc1ccc(CNC(=O)c2cc(S(C)(=O)=O)ccc2Cl)cc1. The first kappa shape index (κ1) is 21.4. The molecule has 0 bridgehead atoms. The number of benzene rings is 2. The zero-order valence-corrected chi connectivity index (χ0v) is 17.4. The van der Waals surface area contributed by atoms with Crippen LogP contribution in [-0.4, -0.2) is 38.6 Å². The number of rotatable bonds is 8. The molecule has 0 heterocycles. The van der Waals surface area contributed by atoms with Crippen LogP contribution >= 0.6 is 11.6 Å². The van der Waals surface area contributed by atoms with Gasteiger partial charge in [-0.1, -0.05) is 49.7 Å². The van der Waals surface area contributed by atoms with E-state index >= 15 is 0 Å². The maximum absolute atomic E-state index is 12.4. The van der Waals surface area contributed by atoms with E-state index in [0.29, 0.717) is 6.54 Å². The van der Waals surface area contributed by atoms with Gasteiger partial charge in [-0.15, -0.1) is 0 Å². The molecule has 0 saturated carbocycles. The molecule has 2 rings (SSSR count). The topological polar surface area (TPSA) is 66.5 Å². The van der Waals surface area contributed by atoms with Crippen molar-refractivity contribution in [3.05, 3.63) is 64.2 Å². The zero-order valence-electron chi connectivity index (χ0n) is 15.8. The van der Waals surface area contributed by atoms with Crippen LogP contribution in [0.2, 0.25) is 5.02 Å². The van der Waals surface area contributed by atoms with Gasteiger partial charge in [0.2, 0.25) is 0 Å². The summed E-state index contributed by atoms with van der Waals surface area (Å²) in [5.41, 5.74) is 2.33. The summed E-state index contributed by atoms with van der Waals surface area (Å²) in [7, 11) is -3.40. The summed E-state index contributed by atoms with van der Waals surface area (Å²) in [5, 5.41) is 3.01. The minimum absolute atomic E-state index is 0.0674. The van der Waals surface area contributed by atoms with Crippen molar-refractivity contribution in [2.24, 2.45) is 0 Å². The molecule has 1 N–H and O–H groups in total. The van der Waals surface area contributed by atoms with Gasteiger partial charge >= 0.3 is 0 Å². The van der Waals surface area contributed by atoms with Crippen molar-refractivity contribution in [1.29, 1.82) is 0 Å². The molecule has 2 aromatic carbocycles. The first-order chi connectivity index (χ1) is 12.7.